The summed E-state index contributed by atoms with van der Waals surface area (Å²) in [6, 6.07) is 0. The summed E-state index contributed by atoms with van der Waals surface area (Å²) in [6.45, 7) is 6.38. The Balaban J connectivity index is 3.54. The van der Waals surface area contributed by atoms with Crippen LogP contribution in [-0.2, 0) is 18.6 Å². The first-order valence-electron chi connectivity index (χ1n) is 13.1. The zero-order chi connectivity index (χ0) is 23.7. The molecule has 0 rings (SSSR count). The molecule has 0 fully saturated rings. The number of rotatable bonds is 26. The molecule has 0 spiro atoms. The van der Waals surface area contributed by atoms with Crippen LogP contribution in [0.15, 0.2) is 0 Å². The van der Waals surface area contributed by atoms with Crippen molar-refractivity contribution in [1.29, 1.82) is 0 Å². The number of carbonyl (C=O) groups excluding carboxylic acids is 1. The van der Waals surface area contributed by atoms with Crippen molar-refractivity contribution < 1.29 is 23.5 Å². The maximum absolute atomic E-state index is 11.5. The predicted molar refractivity (Wildman–Crippen MR) is 135 cm³/mol. The van der Waals surface area contributed by atoms with Gasteiger partial charge in [0.1, 0.15) is 5.78 Å². The number of hydrogen-bond donors (Lipinski definition) is 2. The second-order valence-corrected chi connectivity index (χ2v) is 9.91. The number of likely N-dealkylation sites (N-methyl/N-ethyl adjacent to an activating group) is 1. The quantitative estimate of drug-likeness (QED) is 0.109. The Bertz CT molecular complexity index is 401. The molecule has 0 heterocycles. The van der Waals surface area contributed by atoms with Crippen LogP contribution in [0.25, 0.3) is 0 Å². The molecule has 0 saturated heterocycles. The number of carbonyl (C=O) groups is 1. The topological polar surface area (TPSA) is 77.0 Å². The van der Waals surface area contributed by atoms with Crippen molar-refractivity contribution in [3.8, 4) is 0 Å². The van der Waals surface area contributed by atoms with Gasteiger partial charge in [-0.2, -0.15) is 0 Å². The van der Waals surface area contributed by atoms with Crippen molar-refractivity contribution in [2.45, 2.75) is 110 Å². The molecule has 7 heteroatoms. The van der Waals surface area contributed by atoms with Crippen molar-refractivity contribution in [3.63, 3.8) is 0 Å². The highest BCUT2D eigenvalue weighted by Gasteiger charge is 2.16. The molecule has 0 amide bonds. The van der Waals surface area contributed by atoms with Gasteiger partial charge in [-0.3, -0.25) is 0 Å². The summed E-state index contributed by atoms with van der Waals surface area (Å²) in [5, 5.41) is 2.94. The standard InChI is InChI=1S/C25H52NO5P/c1-4-5-6-7-8-9-10-11-12-13-14-15-16-17-19-29-22-25(21-24(2)27)23-31-32(28)30-20-18-26-3/h25-26,28H,4-23H2,1-3H3. The van der Waals surface area contributed by atoms with E-state index in [1.54, 1.807) is 6.92 Å². The lowest BCUT2D eigenvalue weighted by atomic mass is 10.0. The number of unbranched alkanes of at least 4 members (excludes halogenated alkanes) is 13. The first kappa shape index (κ1) is 31.9. The van der Waals surface area contributed by atoms with Crippen molar-refractivity contribution in [2.24, 2.45) is 5.92 Å². The van der Waals surface area contributed by atoms with Gasteiger partial charge < -0.3 is 28.8 Å². The van der Waals surface area contributed by atoms with E-state index in [9.17, 15) is 9.69 Å². The molecular weight excluding hydrogens is 425 g/mol. The van der Waals surface area contributed by atoms with Crippen molar-refractivity contribution in [1.82, 2.24) is 5.32 Å². The van der Waals surface area contributed by atoms with E-state index in [4.69, 9.17) is 13.8 Å². The molecule has 2 unspecified atom stereocenters. The van der Waals surface area contributed by atoms with Crippen LogP contribution in [-0.4, -0.2) is 50.7 Å². The number of nitrogens with one attached hydrogen (secondary N) is 1. The Labute approximate surface area is 199 Å². The van der Waals surface area contributed by atoms with Crippen LogP contribution in [0.4, 0.5) is 0 Å². The predicted octanol–water partition coefficient (Wildman–Crippen LogP) is 6.55. The van der Waals surface area contributed by atoms with Gasteiger partial charge in [0.15, 0.2) is 0 Å². The van der Waals surface area contributed by atoms with Crippen LogP contribution >= 0.6 is 8.60 Å². The molecule has 2 atom stereocenters. The van der Waals surface area contributed by atoms with E-state index in [1.165, 1.54) is 83.5 Å². The molecule has 0 aromatic rings. The molecule has 0 aliphatic rings. The van der Waals surface area contributed by atoms with Gasteiger partial charge >= 0.3 is 8.60 Å². The second-order valence-electron chi connectivity index (χ2n) is 8.91. The Morgan fingerprint density at radius 3 is 1.84 bits per heavy atom. The Morgan fingerprint density at radius 2 is 1.34 bits per heavy atom. The van der Waals surface area contributed by atoms with Gasteiger partial charge in [-0.05, 0) is 20.4 Å². The first-order valence-corrected chi connectivity index (χ1v) is 14.2. The third-order valence-corrected chi connectivity index (χ3v) is 6.32. The molecule has 0 radical (unpaired) electrons. The van der Waals surface area contributed by atoms with Crippen LogP contribution in [0, 0.1) is 5.92 Å². The maximum Gasteiger partial charge on any atom is 0.329 e. The Morgan fingerprint density at radius 1 is 0.812 bits per heavy atom. The summed E-state index contributed by atoms with van der Waals surface area (Å²) in [6.07, 6.45) is 19.2. The minimum absolute atomic E-state index is 0.0378. The number of hydrogen-bond acceptors (Lipinski definition) is 6. The Kier molecular flexibility index (Phi) is 25.4. The molecule has 192 valence electrons. The summed E-state index contributed by atoms with van der Waals surface area (Å²) >= 11 is 0. The molecule has 0 aromatic carbocycles. The van der Waals surface area contributed by atoms with Crippen LogP contribution in [0.1, 0.15) is 110 Å². The summed E-state index contributed by atoms with van der Waals surface area (Å²) in [4.78, 5) is 21.2. The lowest BCUT2D eigenvalue weighted by Gasteiger charge is -2.18. The normalized spacial score (nSPS) is 13.4. The highest BCUT2D eigenvalue weighted by atomic mass is 31.2. The molecule has 0 saturated carbocycles. The highest BCUT2D eigenvalue weighted by molar-refractivity contribution is 7.40. The van der Waals surface area contributed by atoms with E-state index in [2.05, 4.69) is 12.2 Å². The molecule has 0 aliphatic carbocycles. The number of ketones is 1. The van der Waals surface area contributed by atoms with Crippen molar-refractivity contribution >= 4 is 14.4 Å². The summed E-state index contributed by atoms with van der Waals surface area (Å²) in [5.41, 5.74) is 0. The molecule has 0 aliphatic heterocycles. The van der Waals surface area contributed by atoms with Crippen LogP contribution in [0.2, 0.25) is 0 Å². The molecular formula is C25H52NO5P. The average molecular weight is 478 g/mol. The van der Waals surface area contributed by atoms with Gasteiger partial charge in [0.05, 0.1) is 19.8 Å². The van der Waals surface area contributed by atoms with Gasteiger partial charge in [0, 0.05) is 25.5 Å². The summed E-state index contributed by atoms with van der Waals surface area (Å²) < 4.78 is 16.3. The van der Waals surface area contributed by atoms with E-state index in [0.29, 0.717) is 26.2 Å². The minimum atomic E-state index is -1.90. The molecule has 2 N–H and O–H groups in total. The maximum atomic E-state index is 11.5. The number of Topliss-reactive ketones (excluding diaryl/α,β-unsaturated/α-hetero) is 1. The van der Waals surface area contributed by atoms with Crippen molar-refractivity contribution in [2.75, 3.05) is 40.0 Å². The molecule has 0 aromatic heterocycles. The molecule has 6 nitrogen and oxygen atoms in total. The zero-order valence-electron chi connectivity index (χ0n) is 21.2. The lowest BCUT2D eigenvalue weighted by molar-refractivity contribution is -0.118. The monoisotopic (exact) mass is 477 g/mol. The third-order valence-electron chi connectivity index (χ3n) is 5.55. The zero-order valence-corrected chi connectivity index (χ0v) is 22.1. The highest BCUT2D eigenvalue weighted by Crippen LogP contribution is 2.33. The first-order chi connectivity index (χ1) is 15.6. The fraction of sp³-hybridized carbons (Fsp3) is 0.960. The second kappa shape index (κ2) is 25.5. The van der Waals surface area contributed by atoms with E-state index >= 15 is 0 Å². The van der Waals surface area contributed by atoms with E-state index in [0.717, 1.165) is 13.0 Å². The lowest BCUT2D eigenvalue weighted by Crippen LogP contribution is -2.19. The van der Waals surface area contributed by atoms with Crippen LogP contribution in [0.3, 0.4) is 0 Å². The average Bonchev–Trinajstić information content (AvgIpc) is 2.76. The van der Waals surface area contributed by atoms with Gasteiger partial charge in [-0.15, -0.1) is 0 Å². The third kappa shape index (κ3) is 24.5. The molecule has 0 bridgehead atoms. The van der Waals surface area contributed by atoms with Crippen molar-refractivity contribution in [3.05, 3.63) is 0 Å². The summed E-state index contributed by atoms with van der Waals surface area (Å²) in [7, 11) is -0.0743. The summed E-state index contributed by atoms with van der Waals surface area (Å²) in [5.74, 6) is 0.0706. The Hall–Kier alpha value is -0.100. The van der Waals surface area contributed by atoms with Crippen LogP contribution < -0.4 is 5.32 Å². The van der Waals surface area contributed by atoms with Gasteiger partial charge in [-0.1, -0.05) is 90.4 Å². The van der Waals surface area contributed by atoms with E-state index in [1.807, 2.05) is 7.05 Å². The van der Waals surface area contributed by atoms with Gasteiger partial charge in [0.25, 0.3) is 0 Å². The SMILES string of the molecule is CCCCCCCCCCCCCCCCOCC(COP(O)OCCNC)CC(C)=O. The smallest absolute Gasteiger partial charge is 0.329 e. The van der Waals surface area contributed by atoms with E-state index < -0.39 is 8.60 Å². The fourth-order valence-electron chi connectivity index (χ4n) is 3.65. The van der Waals surface area contributed by atoms with Gasteiger partial charge in [-0.25, -0.2) is 0 Å². The van der Waals surface area contributed by atoms with Crippen LogP contribution in [0.5, 0.6) is 0 Å². The molecule has 32 heavy (non-hydrogen) atoms. The number of ether oxygens (including phenoxy) is 1. The van der Waals surface area contributed by atoms with Gasteiger partial charge in [0.2, 0.25) is 0 Å². The van der Waals surface area contributed by atoms with E-state index in [-0.39, 0.29) is 18.3 Å². The minimum Gasteiger partial charge on any atom is -0.381 e. The largest absolute Gasteiger partial charge is 0.381 e. The fourth-order valence-corrected chi connectivity index (χ4v) is 4.31.